The van der Waals surface area contributed by atoms with Gasteiger partial charge in [-0.05, 0) is 39.5 Å². The third kappa shape index (κ3) is 3.09. The molecule has 0 bridgehead atoms. The van der Waals surface area contributed by atoms with Crippen LogP contribution in [0.25, 0.3) is 0 Å². The third-order valence-electron chi connectivity index (χ3n) is 4.16. The molecular formula is C16H24ClNO4. The maximum absolute atomic E-state index is 12.6. The zero-order valence-electron chi connectivity index (χ0n) is 13.6. The van der Waals surface area contributed by atoms with Crippen LogP contribution >= 0.6 is 11.6 Å². The molecule has 1 aliphatic carbocycles. The second-order valence-corrected chi connectivity index (χ2v) is 7.47. The molecule has 1 saturated heterocycles. The highest BCUT2D eigenvalue weighted by molar-refractivity contribution is 6.19. The molecule has 0 aromatic heterocycles. The minimum atomic E-state index is -1.03. The van der Waals surface area contributed by atoms with Gasteiger partial charge in [0.1, 0.15) is 11.1 Å². The normalized spacial score (nSPS) is 29.8. The largest absolute Gasteiger partial charge is 0.467 e. The molecule has 0 spiro atoms. The van der Waals surface area contributed by atoms with E-state index in [1.165, 1.54) is 7.11 Å². The van der Waals surface area contributed by atoms with Gasteiger partial charge in [0.25, 0.3) is 0 Å². The van der Waals surface area contributed by atoms with Crippen LogP contribution in [0.2, 0.25) is 0 Å². The molecule has 1 aliphatic heterocycles. The first-order valence-electron chi connectivity index (χ1n) is 7.48. The van der Waals surface area contributed by atoms with Crippen molar-refractivity contribution in [1.29, 1.82) is 0 Å². The average molecular weight is 330 g/mol. The summed E-state index contributed by atoms with van der Waals surface area (Å²) in [7, 11) is 1.34. The third-order valence-corrected chi connectivity index (χ3v) is 4.54. The van der Waals surface area contributed by atoms with Crippen molar-refractivity contribution in [3.63, 3.8) is 0 Å². The fraction of sp³-hybridized carbons (Fsp3) is 0.750. The highest BCUT2D eigenvalue weighted by Crippen LogP contribution is 2.55. The Morgan fingerprint density at radius 1 is 1.41 bits per heavy atom. The topological polar surface area (TPSA) is 55.8 Å². The van der Waals surface area contributed by atoms with Crippen LogP contribution in [-0.4, -0.2) is 47.1 Å². The van der Waals surface area contributed by atoms with Gasteiger partial charge in [0.2, 0.25) is 0 Å². The quantitative estimate of drug-likeness (QED) is 0.452. The molecule has 3 atom stereocenters. The smallest absolute Gasteiger partial charge is 0.411 e. The number of fused-ring (bicyclic) bond motifs is 1. The summed E-state index contributed by atoms with van der Waals surface area (Å²) in [5, 5.41) is 0. The molecule has 22 heavy (non-hydrogen) atoms. The number of nitrogens with zero attached hydrogens (tertiary/aromatic N) is 1. The van der Waals surface area contributed by atoms with E-state index in [4.69, 9.17) is 21.1 Å². The second-order valence-electron chi connectivity index (χ2n) is 7.20. The van der Waals surface area contributed by atoms with Crippen molar-refractivity contribution in [2.24, 2.45) is 5.92 Å². The molecule has 2 aliphatic rings. The number of piperidine rings is 1. The Morgan fingerprint density at radius 2 is 2.05 bits per heavy atom. The summed E-state index contributed by atoms with van der Waals surface area (Å²) < 4.78 is 10.5. The van der Waals surface area contributed by atoms with E-state index in [2.05, 4.69) is 6.58 Å². The lowest BCUT2D eigenvalue weighted by Crippen LogP contribution is -2.57. The Kier molecular flexibility index (Phi) is 4.49. The monoisotopic (exact) mass is 329 g/mol. The van der Waals surface area contributed by atoms with Gasteiger partial charge in [-0.2, -0.15) is 0 Å². The molecule has 0 aromatic carbocycles. The number of rotatable bonds is 4. The first kappa shape index (κ1) is 17.1. The summed E-state index contributed by atoms with van der Waals surface area (Å²) in [6.45, 7) is 9.31. The van der Waals surface area contributed by atoms with Gasteiger partial charge >= 0.3 is 12.1 Å². The zero-order chi connectivity index (χ0) is 16.7. The van der Waals surface area contributed by atoms with Crippen molar-refractivity contribution >= 4 is 23.7 Å². The van der Waals surface area contributed by atoms with Crippen LogP contribution in [0.4, 0.5) is 4.79 Å². The number of alkyl halides is 1. The number of ether oxygens (including phenoxy) is 2. The number of likely N-dealkylation sites (tertiary alicyclic amines) is 1. The van der Waals surface area contributed by atoms with Crippen molar-refractivity contribution in [2.75, 3.05) is 13.0 Å². The molecule has 0 unspecified atom stereocenters. The predicted octanol–water partition coefficient (Wildman–Crippen LogP) is 3.11. The molecule has 124 valence electrons. The van der Waals surface area contributed by atoms with Crippen LogP contribution in [-0.2, 0) is 14.3 Å². The number of halogens is 1. The van der Waals surface area contributed by atoms with E-state index in [-0.39, 0.29) is 11.9 Å². The van der Waals surface area contributed by atoms with Crippen LogP contribution in [0, 0.1) is 5.92 Å². The number of carbonyl (C=O) groups excluding carboxylic acids is 2. The molecule has 0 N–H and O–H groups in total. The summed E-state index contributed by atoms with van der Waals surface area (Å²) in [6, 6.07) is 0.0528. The summed E-state index contributed by atoms with van der Waals surface area (Å²) in [5.74, 6) is 0.155. The van der Waals surface area contributed by atoms with Gasteiger partial charge in [-0.3, -0.25) is 4.90 Å². The van der Waals surface area contributed by atoms with Crippen LogP contribution in [0.3, 0.4) is 0 Å². The number of amides is 1. The summed E-state index contributed by atoms with van der Waals surface area (Å²) in [5.41, 5.74) is -0.937. The minimum Gasteiger partial charge on any atom is -0.467 e. The lowest BCUT2D eigenvalue weighted by atomic mass is 9.87. The standard InChI is InChI=1S/C16H24ClNO4/c1-10(9-17)7-16(13(19)21-5)8-11-6-12(11)18(16)14(20)22-15(2,3)4/h11-12H,1,6-9H2,2-5H3/t11-,12-,16-/m1/s1. The fourth-order valence-electron chi connectivity index (χ4n) is 3.30. The number of esters is 1. The van der Waals surface area contributed by atoms with Crippen LogP contribution in [0.1, 0.15) is 40.0 Å². The van der Waals surface area contributed by atoms with Gasteiger partial charge in [-0.15, -0.1) is 11.6 Å². The molecule has 0 radical (unpaired) electrons. The highest BCUT2D eigenvalue weighted by atomic mass is 35.5. The first-order chi connectivity index (χ1) is 10.1. The maximum Gasteiger partial charge on any atom is 0.411 e. The van der Waals surface area contributed by atoms with E-state index in [1.54, 1.807) is 4.90 Å². The number of carbonyl (C=O) groups is 2. The van der Waals surface area contributed by atoms with Crippen LogP contribution in [0.15, 0.2) is 12.2 Å². The van der Waals surface area contributed by atoms with Crippen LogP contribution in [0.5, 0.6) is 0 Å². The summed E-state index contributed by atoms with van der Waals surface area (Å²) >= 11 is 5.84. The Bertz CT molecular complexity index is 499. The summed E-state index contributed by atoms with van der Waals surface area (Å²) in [4.78, 5) is 26.7. The van der Waals surface area contributed by atoms with Crippen molar-refractivity contribution in [3.05, 3.63) is 12.2 Å². The van der Waals surface area contributed by atoms with Gasteiger partial charge in [-0.25, -0.2) is 9.59 Å². The Labute approximate surface area is 136 Å². The molecule has 2 fully saturated rings. The molecule has 1 heterocycles. The van der Waals surface area contributed by atoms with E-state index in [1.807, 2.05) is 20.8 Å². The first-order valence-corrected chi connectivity index (χ1v) is 8.01. The van der Waals surface area contributed by atoms with Crippen molar-refractivity contribution in [2.45, 2.75) is 57.2 Å². The van der Waals surface area contributed by atoms with Gasteiger partial charge in [0.15, 0.2) is 0 Å². The lowest BCUT2D eigenvalue weighted by molar-refractivity contribution is -0.154. The maximum atomic E-state index is 12.6. The Morgan fingerprint density at radius 3 is 2.55 bits per heavy atom. The van der Waals surface area contributed by atoms with Gasteiger partial charge in [0, 0.05) is 18.3 Å². The zero-order valence-corrected chi connectivity index (χ0v) is 14.4. The molecule has 5 nitrogen and oxygen atoms in total. The van der Waals surface area contributed by atoms with Gasteiger partial charge in [0.05, 0.1) is 7.11 Å². The van der Waals surface area contributed by atoms with E-state index in [9.17, 15) is 9.59 Å². The van der Waals surface area contributed by atoms with Gasteiger partial charge in [-0.1, -0.05) is 12.2 Å². The number of hydrogen-bond acceptors (Lipinski definition) is 4. The number of methoxy groups -OCH3 is 1. The molecule has 6 heteroatoms. The highest BCUT2D eigenvalue weighted by Gasteiger charge is 2.66. The molecule has 1 amide bonds. The Hall–Kier alpha value is -1.23. The summed E-state index contributed by atoms with van der Waals surface area (Å²) in [6.07, 6.45) is 1.34. The fourth-order valence-corrected chi connectivity index (χ4v) is 3.39. The predicted molar refractivity (Wildman–Crippen MR) is 83.8 cm³/mol. The Balaban J connectivity index is 2.32. The molecule has 1 saturated carbocycles. The van der Waals surface area contributed by atoms with Crippen LogP contribution < -0.4 is 0 Å². The lowest BCUT2D eigenvalue weighted by Gasteiger charge is -2.39. The SMILES string of the molecule is C=C(CCl)C[C@]1(C(=O)OC)C[C@H]2C[C@H]2N1C(=O)OC(C)(C)C. The molecule has 0 aromatic rings. The van der Waals surface area contributed by atoms with E-state index in [0.717, 1.165) is 6.42 Å². The molecular weight excluding hydrogens is 306 g/mol. The van der Waals surface area contributed by atoms with E-state index < -0.39 is 23.2 Å². The van der Waals surface area contributed by atoms with Crippen molar-refractivity contribution < 1.29 is 19.1 Å². The van der Waals surface area contributed by atoms with E-state index in [0.29, 0.717) is 24.3 Å². The average Bonchev–Trinajstić information content (AvgIpc) is 3.06. The van der Waals surface area contributed by atoms with Crippen molar-refractivity contribution in [1.82, 2.24) is 4.90 Å². The number of hydrogen-bond donors (Lipinski definition) is 0. The second kappa shape index (κ2) is 5.76. The van der Waals surface area contributed by atoms with Crippen molar-refractivity contribution in [3.8, 4) is 0 Å². The molecule has 2 rings (SSSR count). The van der Waals surface area contributed by atoms with E-state index >= 15 is 0 Å². The van der Waals surface area contributed by atoms with Gasteiger partial charge < -0.3 is 9.47 Å². The minimum absolute atomic E-state index is 0.0528.